The van der Waals surface area contributed by atoms with Gasteiger partial charge in [-0.2, -0.15) is 0 Å². The van der Waals surface area contributed by atoms with E-state index in [1.54, 1.807) is 12.1 Å². The zero-order valence-corrected chi connectivity index (χ0v) is 12.3. The lowest BCUT2D eigenvalue weighted by Crippen LogP contribution is -2.43. The van der Waals surface area contributed by atoms with E-state index in [0.29, 0.717) is 19.4 Å². The van der Waals surface area contributed by atoms with E-state index in [-0.39, 0.29) is 29.7 Å². The maximum atomic E-state index is 13.0. The van der Waals surface area contributed by atoms with E-state index in [2.05, 4.69) is 5.32 Å². The van der Waals surface area contributed by atoms with Gasteiger partial charge in [-0.1, -0.05) is 25.0 Å². The zero-order chi connectivity index (χ0) is 13.7. The van der Waals surface area contributed by atoms with Crippen LogP contribution in [0.25, 0.3) is 0 Å². The third kappa shape index (κ3) is 3.93. The second kappa shape index (κ2) is 7.60. The Morgan fingerprint density at radius 1 is 1.25 bits per heavy atom. The van der Waals surface area contributed by atoms with Crippen LogP contribution in [0.1, 0.15) is 44.1 Å². The van der Waals surface area contributed by atoms with Crippen molar-refractivity contribution >= 4 is 18.3 Å². The summed E-state index contributed by atoms with van der Waals surface area (Å²) in [7, 11) is 0. The second-order valence-electron chi connectivity index (χ2n) is 5.24. The third-order valence-corrected chi connectivity index (χ3v) is 3.84. The molecule has 2 rings (SSSR count). The van der Waals surface area contributed by atoms with E-state index >= 15 is 0 Å². The minimum atomic E-state index is -0.306. The average Bonchev–Trinajstić information content (AvgIpc) is 2.86. The van der Waals surface area contributed by atoms with Crippen LogP contribution in [-0.4, -0.2) is 12.5 Å². The van der Waals surface area contributed by atoms with E-state index in [1.165, 1.54) is 12.1 Å². The van der Waals surface area contributed by atoms with Crippen LogP contribution in [-0.2, 0) is 10.3 Å². The van der Waals surface area contributed by atoms with Crippen LogP contribution in [0.2, 0.25) is 0 Å². The highest BCUT2D eigenvalue weighted by molar-refractivity contribution is 5.85. The molecule has 3 nitrogen and oxygen atoms in total. The second-order valence-corrected chi connectivity index (χ2v) is 5.24. The molecule has 0 atom stereocenters. The number of carbonyl (C=O) groups excluding carboxylic acids is 1. The van der Waals surface area contributed by atoms with Crippen LogP contribution < -0.4 is 11.1 Å². The highest BCUT2D eigenvalue weighted by Crippen LogP contribution is 2.38. The highest BCUT2D eigenvalue weighted by atomic mass is 35.5. The summed E-state index contributed by atoms with van der Waals surface area (Å²) in [6.07, 6.45) is 5.19. The maximum Gasteiger partial charge on any atom is 0.220 e. The molecule has 0 bridgehead atoms. The van der Waals surface area contributed by atoms with Gasteiger partial charge in [0.15, 0.2) is 0 Å². The fraction of sp³-hybridized carbons (Fsp3) is 0.533. The molecule has 1 amide bonds. The molecule has 1 saturated carbocycles. The van der Waals surface area contributed by atoms with Crippen LogP contribution >= 0.6 is 12.4 Å². The predicted octanol–water partition coefficient (Wildman–Crippen LogP) is 2.87. The summed E-state index contributed by atoms with van der Waals surface area (Å²) in [6.45, 7) is 0.525. The Kier molecular flexibility index (Phi) is 6.43. The lowest BCUT2D eigenvalue weighted by Gasteiger charge is -2.31. The van der Waals surface area contributed by atoms with Gasteiger partial charge in [0, 0.05) is 6.42 Å². The Bertz CT molecular complexity index is 430. The van der Waals surface area contributed by atoms with Gasteiger partial charge in [0.2, 0.25) is 5.91 Å². The van der Waals surface area contributed by atoms with E-state index in [0.717, 1.165) is 31.2 Å². The maximum absolute atomic E-state index is 13.0. The summed E-state index contributed by atoms with van der Waals surface area (Å²) in [4.78, 5) is 12.0. The van der Waals surface area contributed by atoms with Crippen molar-refractivity contribution in [2.45, 2.75) is 44.1 Å². The fourth-order valence-corrected chi connectivity index (χ4v) is 2.83. The summed E-state index contributed by atoms with van der Waals surface area (Å²) in [5.74, 6) is -0.206. The number of carbonyl (C=O) groups is 1. The third-order valence-electron chi connectivity index (χ3n) is 3.84. The first-order chi connectivity index (χ1) is 9.16. The number of rotatable bonds is 5. The van der Waals surface area contributed by atoms with Crippen molar-refractivity contribution in [3.05, 3.63) is 35.6 Å². The lowest BCUT2D eigenvalue weighted by molar-refractivity contribution is -0.123. The standard InChI is InChI=1S/C15H21FN2O.ClH/c16-13-7-5-12(6-8-13)15(9-1-2-10-15)18-14(19)4-3-11-17;/h5-8H,1-4,9-11,17H2,(H,18,19);1H. The first-order valence-electron chi connectivity index (χ1n) is 6.93. The van der Waals surface area contributed by atoms with E-state index in [1.807, 2.05) is 0 Å². The van der Waals surface area contributed by atoms with Gasteiger partial charge in [0.25, 0.3) is 0 Å². The summed E-state index contributed by atoms with van der Waals surface area (Å²) in [5, 5.41) is 3.15. The van der Waals surface area contributed by atoms with Crippen molar-refractivity contribution in [1.29, 1.82) is 0 Å². The normalized spacial score (nSPS) is 16.5. The van der Waals surface area contributed by atoms with Gasteiger partial charge in [-0.25, -0.2) is 4.39 Å². The Morgan fingerprint density at radius 2 is 1.85 bits per heavy atom. The Balaban J connectivity index is 0.00000200. The molecule has 1 aliphatic rings. The number of amides is 1. The molecule has 112 valence electrons. The Hall–Kier alpha value is -1.13. The zero-order valence-electron chi connectivity index (χ0n) is 11.5. The molecule has 0 aliphatic heterocycles. The topological polar surface area (TPSA) is 55.1 Å². The SMILES string of the molecule is Cl.NCCCC(=O)NC1(c2ccc(F)cc2)CCCC1. The average molecular weight is 301 g/mol. The van der Waals surface area contributed by atoms with Crippen LogP contribution in [0.15, 0.2) is 24.3 Å². The van der Waals surface area contributed by atoms with E-state index < -0.39 is 0 Å². The summed E-state index contributed by atoms with van der Waals surface area (Å²) in [5.41, 5.74) is 6.12. The van der Waals surface area contributed by atoms with Gasteiger partial charge in [-0.3, -0.25) is 4.79 Å². The number of nitrogens with one attached hydrogen (secondary N) is 1. The summed E-state index contributed by atoms with van der Waals surface area (Å²) < 4.78 is 13.0. The molecule has 20 heavy (non-hydrogen) atoms. The van der Waals surface area contributed by atoms with E-state index in [4.69, 9.17) is 5.73 Å². The van der Waals surface area contributed by atoms with Crippen molar-refractivity contribution in [3.63, 3.8) is 0 Å². The smallest absolute Gasteiger partial charge is 0.220 e. The first-order valence-corrected chi connectivity index (χ1v) is 6.93. The van der Waals surface area contributed by atoms with Gasteiger partial charge in [0.1, 0.15) is 5.82 Å². The molecular formula is C15H22ClFN2O. The van der Waals surface area contributed by atoms with Crippen LogP contribution in [0, 0.1) is 5.82 Å². The molecule has 5 heteroatoms. The molecule has 1 fully saturated rings. The molecule has 0 unspecified atom stereocenters. The Labute approximate surface area is 125 Å². The van der Waals surface area contributed by atoms with Crippen molar-refractivity contribution < 1.29 is 9.18 Å². The van der Waals surface area contributed by atoms with Crippen molar-refractivity contribution in [2.75, 3.05) is 6.54 Å². The van der Waals surface area contributed by atoms with Gasteiger partial charge < -0.3 is 11.1 Å². The summed E-state index contributed by atoms with van der Waals surface area (Å²) >= 11 is 0. The Morgan fingerprint density at radius 3 is 2.40 bits per heavy atom. The highest BCUT2D eigenvalue weighted by Gasteiger charge is 2.36. The van der Waals surface area contributed by atoms with Crippen molar-refractivity contribution in [3.8, 4) is 0 Å². The number of hydrogen-bond donors (Lipinski definition) is 2. The molecule has 0 aromatic heterocycles. The molecule has 1 aromatic rings. The van der Waals surface area contributed by atoms with Crippen LogP contribution in [0.3, 0.4) is 0 Å². The number of benzene rings is 1. The van der Waals surface area contributed by atoms with Crippen molar-refractivity contribution in [1.82, 2.24) is 5.32 Å². The predicted molar refractivity (Wildman–Crippen MR) is 80.2 cm³/mol. The molecular weight excluding hydrogens is 279 g/mol. The van der Waals surface area contributed by atoms with Gasteiger partial charge >= 0.3 is 0 Å². The largest absolute Gasteiger partial charge is 0.347 e. The molecule has 1 aromatic carbocycles. The number of hydrogen-bond acceptors (Lipinski definition) is 2. The molecule has 0 spiro atoms. The molecule has 0 saturated heterocycles. The van der Waals surface area contributed by atoms with Crippen molar-refractivity contribution in [2.24, 2.45) is 5.73 Å². The van der Waals surface area contributed by atoms with Gasteiger partial charge in [-0.05, 0) is 43.5 Å². The number of halogens is 2. The minimum absolute atomic E-state index is 0. The van der Waals surface area contributed by atoms with Crippen LogP contribution in [0.5, 0.6) is 0 Å². The number of nitrogens with two attached hydrogens (primary N) is 1. The lowest BCUT2D eigenvalue weighted by atomic mass is 9.88. The molecule has 3 N–H and O–H groups in total. The minimum Gasteiger partial charge on any atom is -0.347 e. The van der Waals surface area contributed by atoms with Gasteiger partial charge in [-0.15, -0.1) is 12.4 Å². The molecule has 1 aliphatic carbocycles. The molecule has 0 radical (unpaired) electrons. The van der Waals surface area contributed by atoms with E-state index in [9.17, 15) is 9.18 Å². The fourth-order valence-electron chi connectivity index (χ4n) is 2.83. The quantitative estimate of drug-likeness (QED) is 0.878. The summed E-state index contributed by atoms with van der Waals surface area (Å²) in [6, 6.07) is 6.48. The van der Waals surface area contributed by atoms with Crippen LogP contribution in [0.4, 0.5) is 4.39 Å². The first kappa shape index (κ1) is 16.9. The van der Waals surface area contributed by atoms with Gasteiger partial charge in [0.05, 0.1) is 5.54 Å². The monoisotopic (exact) mass is 300 g/mol. The molecule has 0 heterocycles.